The summed E-state index contributed by atoms with van der Waals surface area (Å²) in [5, 5.41) is 3.62. The van der Waals surface area contributed by atoms with Crippen LogP contribution >= 0.6 is 11.3 Å². The van der Waals surface area contributed by atoms with E-state index in [0.29, 0.717) is 12.1 Å². The van der Waals surface area contributed by atoms with E-state index in [1.165, 1.54) is 23.4 Å². The molecule has 0 fully saturated rings. The first kappa shape index (κ1) is 13.1. The van der Waals surface area contributed by atoms with Gasteiger partial charge in [0.15, 0.2) is 5.13 Å². The molecule has 0 spiro atoms. The fourth-order valence-corrected chi connectivity index (χ4v) is 3.52. The quantitative estimate of drug-likeness (QED) is 0.853. The summed E-state index contributed by atoms with van der Waals surface area (Å²) in [5.41, 5.74) is 8.48. The van der Waals surface area contributed by atoms with Crippen molar-refractivity contribution >= 4 is 28.1 Å². The van der Waals surface area contributed by atoms with Crippen LogP contribution in [0.3, 0.4) is 0 Å². The normalized spacial score (nSPS) is 13.8. The molecule has 0 atom stereocenters. The highest BCUT2D eigenvalue weighted by Crippen LogP contribution is 2.29. The Labute approximate surface area is 122 Å². The molecule has 5 heteroatoms. The third-order valence-electron chi connectivity index (χ3n) is 3.41. The molecule has 2 aromatic rings. The average molecular weight is 287 g/mol. The number of hydrogen-bond acceptors (Lipinski definition) is 4. The van der Waals surface area contributed by atoms with Crippen LogP contribution in [0, 0.1) is 0 Å². The number of aromatic nitrogens is 1. The number of anilines is 2. The number of rotatable bonds is 3. The molecule has 0 bridgehead atoms. The lowest BCUT2D eigenvalue weighted by molar-refractivity contribution is -0.115. The van der Waals surface area contributed by atoms with Gasteiger partial charge in [-0.25, -0.2) is 4.98 Å². The molecular formula is C15H17N3OS. The first-order valence-corrected chi connectivity index (χ1v) is 7.65. The van der Waals surface area contributed by atoms with Crippen molar-refractivity contribution in [3.8, 4) is 0 Å². The van der Waals surface area contributed by atoms with E-state index < -0.39 is 0 Å². The molecule has 1 aromatic carbocycles. The fraction of sp³-hybridized carbons (Fsp3) is 0.333. The Morgan fingerprint density at radius 3 is 3.00 bits per heavy atom. The van der Waals surface area contributed by atoms with Gasteiger partial charge in [-0.15, -0.1) is 11.3 Å². The first-order chi connectivity index (χ1) is 9.70. The third-order valence-corrected chi connectivity index (χ3v) is 4.48. The zero-order chi connectivity index (χ0) is 13.9. The zero-order valence-electron chi connectivity index (χ0n) is 11.2. The van der Waals surface area contributed by atoms with E-state index in [9.17, 15) is 4.79 Å². The number of nitrogens with one attached hydrogen (secondary N) is 1. The van der Waals surface area contributed by atoms with Gasteiger partial charge in [-0.2, -0.15) is 0 Å². The summed E-state index contributed by atoms with van der Waals surface area (Å²) in [6, 6.07) is 7.41. The molecule has 0 aliphatic heterocycles. The second kappa shape index (κ2) is 5.63. The van der Waals surface area contributed by atoms with Gasteiger partial charge in [0.05, 0.1) is 12.1 Å². The van der Waals surface area contributed by atoms with Crippen LogP contribution in [0.25, 0.3) is 0 Å². The standard InChI is InChI=1S/C15H17N3OS/c16-11-5-3-4-10(8-11)9-14(19)18-15-17-12-6-1-2-7-13(12)20-15/h3-5,8H,1-2,6-7,9,16H2,(H,17,18,19). The van der Waals surface area contributed by atoms with Crippen LogP contribution in [0.1, 0.15) is 29.0 Å². The molecule has 3 N–H and O–H groups in total. The molecule has 1 aliphatic rings. The second-order valence-corrected chi connectivity index (χ2v) is 6.15. The molecule has 1 amide bonds. The molecule has 1 aliphatic carbocycles. The number of aryl methyl sites for hydroxylation is 2. The highest BCUT2D eigenvalue weighted by atomic mass is 32.1. The maximum absolute atomic E-state index is 12.0. The number of thiazole rings is 1. The van der Waals surface area contributed by atoms with Crippen molar-refractivity contribution in [1.82, 2.24) is 4.98 Å². The number of hydrogen-bond donors (Lipinski definition) is 2. The second-order valence-electron chi connectivity index (χ2n) is 5.07. The minimum absolute atomic E-state index is 0.0401. The Morgan fingerprint density at radius 2 is 2.20 bits per heavy atom. The highest BCUT2D eigenvalue weighted by Gasteiger charge is 2.16. The minimum atomic E-state index is -0.0401. The summed E-state index contributed by atoms with van der Waals surface area (Å²) in [5.74, 6) is -0.0401. The van der Waals surface area contributed by atoms with Crippen LogP contribution in [-0.4, -0.2) is 10.9 Å². The number of fused-ring (bicyclic) bond motifs is 1. The van der Waals surface area contributed by atoms with E-state index in [1.54, 1.807) is 11.3 Å². The van der Waals surface area contributed by atoms with Crippen molar-refractivity contribution in [2.75, 3.05) is 11.1 Å². The van der Waals surface area contributed by atoms with Gasteiger partial charge in [-0.1, -0.05) is 12.1 Å². The summed E-state index contributed by atoms with van der Waals surface area (Å²) in [6.45, 7) is 0. The van der Waals surface area contributed by atoms with E-state index >= 15 is 0 Å². The predicted molar refractivity (Wildman–Crippen MR) is 81.9 cm³/mol. The maximum atomic E-state index is 12.0. The summed E-state index contributed by atoms with van der Waals surface area (Å²) in [7, 11) is 0. The van der Waals surface area contributed by atoms with Crippen molar-refractivity contribution in [3.05, 3.63) is 40.4 Å². The van der Waals surface area contributed by atoms with Crippen molar-refractivity contribution in [1.29, 1.82) is 0 Å². The van der Waals surface area contributed by atoms with Crippen molar-refractivity contribution in [2.45, 2.75) is 32.1 Å². The molecular weight excluding hydrogens is 270 g/mol. The van der Waals surface area contributed by atoms with E-state index in [0.717, 1.165) is 23.5 Å². The van der Waals surface area contributed by atoms with Crippen LogP contribution in [0.5, 0.6) is 0 Å². The van der Waals surface area contributed by atoms with Crippen LogP contribution in [-0.2, 0) is 24.1 Å². The summed E-state index contributed by atoms with van der Waals surface area (Å²) in [4.78, 5) is 17.9. The van der Waals surface area contributed by atoms with Gasteiger partial charge in [0, 0.05) is 10.6 Å². The Kier molecular flexibility index (Phi) is 3.69. The van der Waals surface area contributed by atoms with Crippen molar-refractivity contribution in [3.63, 3.8) is 0 Å². The molecule has 4 nitrogen and oxygen atoms in total. The third kappa shape index (κ3) is 2.99. The van der Waals surface area contributed by atoms with Gasteiger partial charge in [0.25, 0.3) is 0 Å². The molecule has 104 valence electrons. The Balaban J connectivity index is 1.65. The fourth-order valence-electron chi connectivity index (χ4n) is 2.46. The Bertz CT molecular complexity index is 612. The first-order valence-electron chi connectivity index (χ1n) is 6.83. The van der Waals surface area contributed by atoms with E-state index in [1.807, 2.05) is 24.3 Å². The van der Waals surface area contributed by atoms with Gasteiger partial charge in [0.1, 0.15) is 0 Å². The van der Waals surface area contributed by atoms with Crippen LogP contribution in [0.15, 0.2) is 24.3 Å². The van der Waals surface area contributed by atoms with Crippen LogP contribution < -0.4 is 11.1 Å². The molecule has 20 heavy (non-hydrogen) atoms. The van der Waals surface area contributed by atoms with Crippen LogP contribution in [0.2, 0.25) is 0 Å². The zero-order valence-corrected chi connectivity index (χ0v) is 12.0. The number of nitrogen functional groups attached to an aromatic ring is 1. The maximum Gasteiger partial charge on any atom is 0.230 e. The Hall–Kier alpha value is -1.88. The molecule has 1 aromatic heterocycles. The highest BCUT2D eigenvalue weighted by molar-refractivity contribution is 7.15. The number of benzene rings is 1. The van der Waals surface area contributed by atoms with Gasteiger partial charge in [-0.05, 0) is 43.4 Å². The minimum Gasteiger partial charge on any atom is -0.399 e. The summed E-state index contributed by atoms with van der Waals surface area (Å²) in [6.07, 6.45) is 4.89. The van der Waals surface area contributed by atoms with Gasteiger partial charge < -0.3 is 11.1 Å². The van der Waals surface area contributed by atoms with E-state index in [-0.39, 0.29) is 5.91 Å². The average Bonchev–Trinajstić information content (AvgIpc) is 2.80. The lowest BCUT2D eigenvalue weighted by Gasteiger charge is -2.06. The molecule has 0 saturated heterocycles. The molecule has 1 heterocycles. The lowest BCUT2D eigenvalue weighted by atomic mass is 10.0. The topological polar surface area (TPSA) is 68.0 Å². The molecule has 3 rings (SSSR count). The van der Waals surface area contributed by atoms with Crippen LogP contribution in [0.4, 0.5) is 10.8 Å². The predicted octanol–water partition coefficient (Wildman–Crippen LogP) is 2.79. The number of carbonyl (C=O) groups excluding carboxylic acids is 1. The smallest absolute Gasteiger partial charge is 0.230 e. The van der Waals surface area contributed by atoms with Crippen molar-refractivity contribution < 1.29 is 4.79 Å². The number of nitrogens with zero attached hydrogens (tertiary/aromatic N) is 1. The molecule has 0 radical (unpaired) electrons. The van der Waals surface area contributed by atoms with Crippen molar-refractivity contribution in [2.24, 2.45) is 0 Å². The van der Waals surface area contributed by atoms with E-state index in [4.69, 9.17) is 5.73 Å². The molecule has 0 saturated carbocycles. The monoisotopic (exact) mass is 287 g/mol. The Morgan fingerprint density at radius 1 is 1.35 bits per heavy atom. The number of nitrogens with two attached hydrogens (primary N) is 1. The summed E-state index contributed by atoms with van der Waals surface area (Å²) >= 11 is 1.61. The summed E-state index contributed by atoms with van der Waals surface area (Å²) < 4.78 is 0. The van der Waals surface area contributed by atoms with E-state index in [2.05, 4.69) is 10.3 Å². The van der Waals surface area contributed by atoms with Gasteiger partial charge >= 0.3 is 0 Å². The number of carbonyl (C=O) groups is 1. The van der Waals surface area contributed by atoms with Gasteiger partial charge in [0.2, 0.25) is 5.91 Å². The molecule has 0 unspecified atom stereocenters. The van der Waals surface area contributed by atoms with Gasteiger partial charge in [-0.3, -0.25) is 4.79 Å². The largest absolute Gasteiger partial charge is 0.399 e. The lowest BCUT2D eigenvalue weighted by Crippen LogP contribution is -2.14. The SMILES string of the molecule is Nc1cccc(CC(=O)Nc2nc3c(s2)CCCC3)c1. The number of amides is 1.